The highest BCUT2D eigenvalue weighted by Gasteiger charge is 2.30. The highest BCUT2D eigenvalue weighted by Crippen LogP contribution is 2.42. The highest BCUT2D eigenvalue weighted by atomic mass is 19.2. The van der Waals surface area contributed by atoms with Gasteiger partial charge >= 0.3 is 6.03 Å². The molecule has 2 heterocycles. The van der Waals surface area contributed by atoms with E-state index in [1.165, 1.54) is 6.07 Å². The number of urea groups is 1. The quantitative estimate of drug-likeness (QED) is 0.871. The molecule has 2 aliphatic rings. The maximum absolute atomic E-state index is 13.6. The molecule has 2 amide bonds. The lowest BCUT2D eigenvalue weighted by molar-refractivity contribution is 0.192. The van der Waals surface area contributed by atoms with E-state index in [1.54, 1.807) is 17.2 Å². The molecule has 27 heavy (non-hydrogen) atoms. The van der Waals surface area contributed by atoms with Crippen LogP contribution >= 0.6 is 0 Å². The van der Waals surface area contributed by atoms with Gasteiger partial charge in [-0.05, 0) is 50.3 Å². The summed E-state index contributed by atoms with van der Waals surface area (Å²) in [4.78, 5) is 23.2. The molecule has 0 spiro atoms. The van der Waals surface area contributed by atoms with E-state index in [9.17, 15) is 13.6 Å². The first kappa shape index (κ1) is 17.8. The van der Waals surface area contributed by atoms with Crippen molar-refractivity contribution >= 4 is 11.7 Å². The predicted molar refractivity (Wildman–Crippen MR) is 97.7 cm³/mol. The Labute approximate surface area is 156 Å². The zero-order chi connectivity index (χ0) is 19.0. The standard InChI is InChI=1S/C20H22F2N4O/c1-12-23-10-18(19(24-12)13-4-5-13)25-20(27)26-8-2-3-15(11-26)14-6-7-16(21)17(22)9-14/h6-7,9-10,13,15H,2-5,8,11H2,1H3,(H,25,27). The molecule has 1 unspecified atom stereocenters. The molecule has 1 saturated carbocycles. The molecule has 1 N–H and O–H groups in total. The normalized spacial score (nSPS) is 19.8. The summed E-state index contributed by atoms with van der Waals surface area (Å²) in [5, 5.41) is 2.95. The minimum Gasteiger partial charge on any atom is -0.324 e. The van der Waals surface area contributed by atoms with Crippen LogP contribution in [0, 0.1) is 18.6 Å². The van der Waals surface area contributed by atoms with E-state index in [0.717, 1.165) is 43.0 Å². The number of benzene rings is 1. The van der Waals surface area contributed by atoms with E-state index >= 15 is 0 Å². The maximum atomic E-state index is 13.6. The maximum Gasteiger partial charge on any atom is 0.321 e. The molecule has 1 aliphatic carbocycles. The second kappa shape index (κ2) is 7.21. The van der Waals surface area contributed by atoms with E-state index < -0.39 is 11.6 Å². The molecular weight excluding hydrogens is 350 g/mol. The third kappa shape index (κ3) is 3.91. The van der Waals surface area contributed by atoms with Crippen LogP contribution in [-0.4, -0.2) is 34.0 Å². The first-order valence-corrected chi connectivity index (χ1v) is 9.35. The van der Waals surface area contributed by atoms with Gasteiger partial charge in [0.2, 0.25) is 0 Å². The number of halogens is 2. The van der Waals surface area contributed by atoms with Gasteiger partial charge in [-0.2, -0.15) is 0 Å². The van der Waals surface area contributed by atoms with Gasteiger partial charge in [0.05, 0.1) is 17.6 Å². The summed E-state index contributed by atoms with van der Waals surface area (Å²) in [6, 6.07) is 3.79. The van der Waals surface area contributed by atoms with Crippen LogP contribution in [0.4, 0.5) is 19.3 Å². The van der Waals surface area contributed by atoms with Gasteiger partial charge in [0.15, 0.2) is 11.6 Å². The molecule has 1 aliphatic heterocycles. The number of piperidine rings is 1. The van der Waals surface area contributed by atoms with E-state index in [1.807, 2.05) is 6.92 Å². The lowest BCUT2D eigenvalue weighted by Gasteiger charge is -2.33. The summed E-state index contributed by atoms with van der Waals surface area (Å²) < 4.78 is 26.7. The Morgan fingerprint density at radius 3 is 2.74 bits per heavy atom. The molecule has 1 atom stereocenters. The summed E-state index contributed by atoms with van der Waals surface area (Å²) in [5.41, 5.74) is 2.30. The van der Waals surface area contributed by atoms with E-state index in [0.29, 0.717) is 30.5 Å². The predicted octanol–water partition coefficient (Wildman–Crippen LogP) is 4.35. The fourth-order valence-corrected chi connectivity index (χ4v) is 3.65. The first-order valence-electron chi connectivity index (χ1n) is 9.35. The number of nitrogens with one attached hydrogen (secondary N) is 1. The Balaban J connectivity index is 1.47. The number of carbonyl (C=O) groups excluding carboxylic acids is 1. The number of rotatable bonds is 3. The molecule has 0 radical (unpaired) electrons. The monoisotopic (exact) mass is 372 g/mol. The number of hydrogen-bond acceptors (Lipinski definition) is 3. The lowest BCUT2D eigenvalue weighted by Crippen LogP contribution is -2.41. The largest absolute Gasteiger partial charge is 0.324 e. The van der Waals surface area contributed by atoms with Crippen LogP contribution in [0.2, 0.25) is 0 Å². The Morgan fingerprint density at radius 2 is 2.00 bits per heavy atom. The number of aryl methyl sites for hydroxylation is 1. The van der Waals surface area contributed by atoms with Crippen LogP contribution in [0.5, 0.6) is 0 Å². The summed E-state index contributed by atoms with van der Waals surface area (Å²) >= 11 is 0. The van der Waals surface area contributed by atoms with Crippen molar-refractivity contribution in [1.29, 1.82) is 0 Å². The fourth-order valence-electron chi connectivity index (χ4n) is 3.65. The SMILES string of the molecule is Cc1ncc(NC(=O)N2CCCC(c3ccc(F)c(F)c3)C2)c(C2CC2)n1. The first-order chi connectivity index (χ1) is 13.0. The van der Waals surface area contributed by atoms with E-state index in [4.69, 9.17) is 0 Å². The minimum absolute atomic E-state index is 0.00299. The van der Waals surface area contributed by atoms with Crippen molar-refractivity contribution in [2.24, 2.45) is 0 Å². The third-order valence-corrected chi connectivity index (χ3v) is 5.27. The number of amides is 2. The van der Waals surface area contributed by atoms with Crippen LogP contribution in [0.25, 0.3) is 0 Å². The second-order valence-corrected chi connectivity index (χ2v) is 7.38. The van der Waals surface area contributed by atoms with Gasteiger partial charge < -0.3 is 10.2 Å². The molecule has 142 valence electrons. The van der Waals surface area contributed by atoms with Crippen molar-refractivity contribution in [2.75, 3.05) is 18.4 Å². The lowest BCUT2D eigenvalue weighted by atomic mass is 9.90. The van der Waals surface area contributed by atoms with Gasteiger partial charge in [0, 0.05) is 24.9 Å². The third-order valence-electron chi connectivity index (χ3n) is 5.27. The van der Waals surface area contributed by atoms with Gasteiger partial charge in [0.25, 0.3) is 0 Å². The number of nitrogens with zero attached hydrogens (tertiary/aromatic N) is 3. The van der Waals surface area contributed by atoms with Crippen LogP contribution < -0.4 is 5.32 Å². The smallest absolute Gasteiger partial charge is 0.321 e. The number of aromatic nitrogens is 2. The summed E-state index contributed by atoms with van der Waals surface area (Å²) in [5.74, 6) is -0.600. The molecule has 5 nitrogen and oxygen atoms in total. The number of hydrogen-bond donors (Lipinski definition) is 1. The molecule has 2 fully saturated rings. The number of likely N-dealkylation sites (tertiary alicyclic amines) is 1. The molecule has 1 saturated heterocycles. The molecule has 7 heteroatoms. The van der Waals surface area contributed by atoms with Crippen molar-refractivity contribution in [2.45, 2.75) is 44.4 Å². The van der Waals surface area contributed by atoms with Crippen LogP contribution in [0.3, 0.4) is 0 Å². The Hall–Kier alpha value is -2.57. The van der Waals surface area contributed by atoms with Gasteiger partial charge in [0.1, 0.15) is 5.82 Å². The zero-order valence-electron chi connectivity index (χ0n) is 15.2. The minimum atomic E-state index is -0.851. The highest BCUT2D eigenvalue weighted by molar-refractivity contribution is 5.90. The summed E-state index contributed by atoms with van der Waals surface area (Å²) in [7, 11) is 0. The van der Waals surface area contributed by atoms with Crippen LogP contribution in [0.15, 0.2) is 24.4 Å². The fraction of sp³-hybridized carbons (Fsp3) is 0.450. The van der Waals surface area contributed by atoms with Gasteiger partial charge in [-0.1, -0.05) is 6.07 Å². The van der Waals surface area contributed by atoms with Crippen molar-refractivity contribution in [3.8, 4) is 0 Å². The average molecular weight is 372 g/mol. The molecular formula is C20H22F2N4O. The van der Waals surface area contributed by atoms with Gasteiger partial charge in [-0.15, -0.1) is 0 Å². The zero-order valence-corrected chi connectivity index (χ0v) is 15.2. The number of anilines is 1. The van der Waals surface area contributed by atoms with Crippen molar-refractivity contribution in [1.82, 2.24) is 14.9 Å². The topological polar surface area (TPSA) is 58.1 Å². The molecule has 0 bridgehead atoms. The Kier molecular flexibility index (Phi) is 4.76. The Morgan fingerprint density at radius 1 is 1.19 bits per heavy atom. The second-order valence-electron chi connectivity index (χ2n) is 7.38. The van der Waals surface area contributed by atoms with Crippen LogP contribution in [-0.2, 0) is 0 Å². The summed E-state index contributed by atoms with van der Waals surface area (Å²) in [6.07, 6.45) is 5.50. The van der Waals surface area contributed by atoms with Crippen molar-refractivity contribution in [3.63, 3.8) is 0 Å². The van der Waals surface area contributed by atoms with Crippen molar-refractivity contribution in [3.05, 3.63) is 53.1 Å². The molecule has 4 rings (SSSR count). The van der Waals surface area contributed by atoms with Gasteiger partial charge in [-0.25, -0.2) is 23.5 Å². The Bertz CT molecular complexity index is 869. The average Bonchev–Trinajstić information content (AvgIpc) is 3.50. The van der Waals surface area contributed by atoms with Crippen LogP contribution in [0.1, 0.15) is 54.6 Å². The van der Waals surface area contributed by atoms with E-state index in [2.05, 4.69) is 15.3 Å². The molecule has 2 aromatic rings. The summed E-state index contributed by atoms with van der Waals surface area (Å²) in [6.45, 7) is 2.95. The molecule has 1 aromatic heterocycles. The van der Waals surface area contributed by atoms with Crippen molar-refractivity contribution < 1.29 is 13.6 Å². The van der Waals surface area contributed by atoms with E-state index in [-0.39, 0.29) is 11.9 Å². The van der Waals surface area contributed by atoms with Gasteiger partial charge in [-0.3, -0.25) is 0 Å². The number of carbonyl (C=O) groups is 1. The molecule has 1 aromatic carbocycles.